The summed E-state index contributed by atoms with van der Waals surface area (Å²) in [4.78, 5) is 40.1. The van der Waals surface area contributed by atoms with Gasteiger partial charge in [-0.05, 0) is 46.2 Å². The van der Waals surface area contributed by atoms with Crippen molar-refractivity contribution in [2.45, 2.75) is 71.2 Å². The third-order valence-electron chi connectivity index (χ3n) is 7.54. The molecule has 1 aliphatic carbocycles. The fourth-order valence-corrected chi connectivity index (χ4v) is 5.46. The van der Waals surface area contributed by atoms with Crippen LogP contribution in [0.3, 0.4) is 0 Å². The summed E-state index contributed by atoms with van der Waals surface area (Å²) in [6.45, 7) is 9.49. The lowest BCUT2D eigenvalue weighted by molar-refractivity contribution is -0.155. The molecule has 0 radical (unpaired) electrons. The van der Waals surface area contributed by atoms with Gasteiger partial charge in [0, 0.05) is 32.1 Å². The van der Waals surface area contributed by atoms with Gasteiger partial charge in [-0.25, -0.2) is 9.59 Å². The van der Waals surface area contributed by atoms with E-state index in [9.17, 15) is 19.5 Å². The minimum Gasteiger partial charge on any atom is -0.493 e. The van der Waals surface area contributed by atoms with E-state index in [0.29, 0.717) is 12.2 Å². The van der Waals surface area contributed by atoms with Gasteiger partial charge in [0.25, 0.3) is 0 Å². The number of carbonyl (C=O) groups is 3. The normalized spacial score (nSPS) is 19.3. The topological polar surface area (TPSA) is 124 Å². The predicted octanol–water partition coefficient (Wildman–Crippen LogP) is 5.82. The van der Waals surface area contributed by atoms with E-state index in [0.717, 1.165) is 5.56 Å². The van der Waals surface area contributed by atoms with Crippen LogP contribution in [-0.4, -0.2) is 72.9 Å². The van der Waals surface area contributed by atoms with Gasteiger partial charge in [0.2, 0.25) is 0 Å². The number of nitrogens with zero attached hydrogens (tertiary/aromatic N) is 1. The Morgan fingerprint density at radius 1 is 1.12 bits per heavy atom. The molecular formula is C31H41ClN2O8. The first-order valence-corrected chi connectivity index (χ1v) is 14.5. The SMILES string of the molecule is CCOc1cc(C(C)N(CCOC(C)c2ccccc2)C(=O)NC2(C(=O)O)CC(OC)C2)c(Cl)c(OCC)c1C(C)=O. The molecule has 230 valence electrons. The zero-order chi connectivity index (χ0) is 31.0. The number of carboxylic acids is 1. The summed E-state index contributed by atoms with van der Waals surface area (Å²) in [5.41, 5.74) is 0.230. The van der Waals surface area contributed by atoms with Gasteiger partial charge in [-0.15, -0.1) is 0 Å². The van der Waals surface area contributed by atoms with E-state index >= 15 is 0 Å². The molecule has 1 saturated carbocycles. The fraction of sp³-hybridized carbons (Fsp3) is 0.516. The number of hydrogen-bond donors (Lipinski definition) is 2. The Labute approximate surface area is 252 Å². The highest BCUT2D eigenvalue weighted by atomic mass is 35.5. The number of benzene rings is 2. The zero-order valence-corrected chi connectivity index (χ0v) is 25.8. The van der Waals surface area contributed by atoms with E-state index in [2.05, 4.69) is 5.32 Å². The Morgan fingerprint density at radius 2 is 1.76 bits per heavy atom. The van der Waals surface area contributed by atoms with Crippen LogP contribution in [0.25, 0.3) is 0 Å². The molecule has 3 rings (SSSR count). The monoisotopic (exact) mass is 604 g/mol. The van der Waals surface area contributed by atoms with Crippen molar-refractivity contribution in [2.24, 2.45) is 0 Å². The summed E-state index contributed by atoms with van der Waals surface area (Å²) in [7, 11) is 1.51. The molecule has 1 aliphatic rings. The number of rotatable bonds is 15. The lowest BCUT2D eigenvalue weighted by Crippen LogP contribution is -2.66. The molecular weight excluding hydrogens is 564 g/mol. The number of aliphatic carboxylic acids is 1. The molecule has 0 saturated heterocycles. The van der Waals surface area contributed by atoms with Gasteiger partial charge in [-0.1, -0.05) is 41.9 Å². The van der Waals surface area contributed by atoms with Crippen LogP contribution >= 0.6 is 11.6 Å². The number of amides is 2. The maximum absolute atomic E-state index is 13.8. The van der Waals surface area contributed by atoms with Gasteiger partial charge in [0.05, 0.1) is 43.1 Å². The van der Waals surface area contributed by atoms with Crippen molar-refractivity contribution >= 4 is 29.4 Å². The molecule has 1 fully saturated rings. The van der Waals surface area contributed by atoms with E-state index in [1.807, 2.05) is 37.3 Å². The van der Waals surface area contributed by atoms with Gasteiger partial charge in [0.15, 0.2) is 11.5 Å². The average Bonchev–Trinajstić information content (AvgIpc) is 2.94. The lowest BCUT2D eigenvalue weighted by Gasteiger charge is -2.45. The second kappa shape index (κ2) is 14.7. The molecule has 2 aromatic rings. The van der Waals surface area contributed by atoms with E-state index in [-0.39, 0.29) is 72.7 Å². The van der Waals surface area contributed by atoms with Crippen molar-refractivity contribution in [2.75, 3.05) is 33.5 Å². The quantitative estimate of drug-likeness (QED) is 0.244. The summed E-state index contributed by atoms with van der Waals surface area (Å²) >= 11 is 6.84. The van der Waals surface area contributed by atoms with Crippen LogP contribution in [0.2, 0.25) is 5.02 Å². The number of hydrogen-bond acceptors (Lipinski definition) is 7. The predicted molar refractivity (Wildman–Crippen MR) is 159 cm³/mol. The molecule has 2 amide bonds. The zero-order valence-electron chi connectivity index (χ0n) is 25.1. The summed E-state index contributed by atoms with van der Waals surface area (Å²) in [6, 6.07) is 10.0. The number of halogens is 1. The Hall–Kier alpha value is -3.34. The summed E-state index contributed by atoms with van der Waals surface area (Å²) in [5, 5.41) is 12.9. The maximum Gasteiger partial charge on any atom is 0.329 e. The first kappa shape index (κ1) is 33.2. The van der Waals surface area contributed by atoms with Crippen LogP contribution in [0.1, 0.15) is 81.1 Å². The molecule has 0 aromatic heterocycles. The first-order valence-electron chi connectivity index (χ1n) is 14.1. The fourth-order valence-electron chi connectivity index (χ4n) is 5.09. The number of carboxylic acid groups (broad SMARTS) is 1. The molecule has 0 heterocycles. The van der Waals surface area contributed by atoms with Crippen molar-refractivity contribution in [1.29, 1.82) is 0 Å². The van der Waals surface area contributed by atoms with Crippen LogP contribution in [0, 0.1) is 0 Å². The van der Waals surface area contributed by atoms with Gasteiger partial charge in [-0.2, -0.15) is 0 Å². The van der Waals surface area contributed by atoms with Crippen molar-refractivity contribution in [3.63, 3.8) is 0 Å². The second-order valence-electron chi connectivity index (χ2n) is 10.3. The minimum atomic E-state index is -1.46. The number of Topliss-reactive ketones (excluding diaryl/α,β-unsaturated/α-hetero) is 1. The molecule has 10 nitrogen and oxygen atoms in total. The number of urea groups is 1. The summed E-state index contributed by atoms with van der Waals surface area (Å²) in [6.07, 6.45) is -0.214. The maximum atomic E-state index is 13.8. The molecule has 0 spiro atoms. The van der Waals surface area contributed by atoms with Crippen molar-refractivity contribution in [3.05, 3.63) is 58.1 Å². The van der Waals surface area contributed by atoms with Gasteiger partial charge in [0.1, 0.15) is 16.9 Å². The van der Waals surface area contributed by atoms with Crippen molar-refractivity contribution in [1.82, 2.24) is 10.2 Å². The highest BCUT2D eigenvalue weighted by Gasteiger charge is 2.52. The largest absolute Gasteiger partial charge is 0.493 e. The van der Waals surface area contributed by atoms with Crippen LogP contribution in [0.4, 0.5) is 4.79 Å². The highest BCUT2D eigenvalue weighted by molar-refractivity contribution is 6.33. The Bertz CT molecular complexity index is 1250. The van der Waals surface area contributed by atoms with E-state index < -0.39 is 23.6 Å². The smallest absolute Gasteiger partial charge is 0.329 e. The van der Waals surface area contributed by atoms with Gasteiger partial charge >= 0.3 is 12.0 Å². The molecule has 2 aromatic carbocycles. The standard InChI is InChI=1S/C31H41ClN2O8/c1-7-40-25-16-24(27(32)28(41-8-2)26(25)20(4)35)19(3)34(14-15-42-21(5)22-12-10-9-11-13-22)30(38)33-31(29(36)37)17-23(18-31)39-6/h9-13,16,19,21,23H,7-8,14-15,17-18H2,1-6H3,(H,33,38)(H,36,37). The van der Waals surface area contributed by atoms with Crippen molar-refractivity contribution < 1.29 is 38.4 Å². The number of ether oxygens (including phenoxy) is 4. The van der Waals surface area contributed by atoms with Gasteiger partial charge in [-0.3, -0.25) is 4.79 Å². The number of nitrogens with one attached hydrogen (secondary N) is 1. The number of methoxy groups -OCH3 is 1. The summed E-state index contributed by atoms with van der Waals surface area (Å²) < 4.78 is 23.0. The molecule has 0 aliphatic heterocycles. The number of ketones is 1. The van der Waals surface area contributed by atoms with Crippen LogP contribution in [-0.2, 0) is 14.3 Å². The minimum absolute atomic E-state index is 0.117. The lowest BCUT2D eigenvalue weighted by atomic mass is 9.74. The second-order valence-corrected chi connectivity index (χ2v) is 10.7. The van der Waals surface area contributed by atoms with Crippen LogP contribution < -0.4 is 14.8 Å². The van der Waals surface area contributed by atoms with Gasteiger partial charge < -0.3 is 34.3 Å². The van der Waals surface area contributed by atoms with Crippen LogP contribution in [0.15, 0.2) is 36.4 Å². The molecule has 2 atom stereocenters. The number of carbonyl (C=O) groups excluding carboxylic acids is 2. The summed E-state index contributed by atoms with van der Waals surface area (Å²) in [5.74, 6) is -0.940. The average molecular weight is 605 g/mol. The van der Waals surface area contributed by atoms with E-state index in [4.69, 9.17) is 30.5 Å². The van der Waals surface area contributed by atoms with Crippen LogP contribution in [0.5, 0.6) is 11.5 Å². The third kappa shape index (κ3) is 7.35. The first-order chi connectivity index (χ1) is 20.0. The molecule has 42 heavy (non-hydrogen) atoms. The Balaban J connectivity index is 1.98. The molecule has 2 unspecified atom stereocenters. The third-order valence-corrected chi connectivity index (χ3v) is 7.93. The molecule has 2 N–H and O–H groups in total. The van der Waals surface area contributed by atoms with Crippen molar-refractivity contribution in [3.8, 4) is 11.5 Å². The van der Waals surface area contributed by atoms with E-state index in [1.165, 1.54) is 18.9 Å². The Kier molecular flexibility index (Phi) is 11.6. The Morgan fingerprint density at radius 3 is 2.31 bits per heavy atom. The highest BCUT2D eigenvalue weighted by Crippen LogP contribution is 2.43. The molecule has 11 heteroatoms. The molecule has 0 bridgehead atoms. The van der Waals surface area contributed by atoms with E-state index in [1.54, 1.807) is 26.8 Å².